The predicted octanol–water partition coefficient (Wildman–Crippen LogP) is 3.18. The summed E-state index contributed by atoms with van der Waals surface area (Å²) in [5.41, 5.74) is 2.44. The first-order valence-electron chi connectivity index (χ1n) is 9.50. The van der Waals surface area contributed by atoms with Gasteiger partial charge < -0.3 is 14.0 Å². The molecule has 0 fully saturated rings. The van der Waals surface area contributed by atoms with E-state index < -0.39 is 5.97 Å². The third-order valence-corrected chi connectivity index (χ3v) is 4.95. The summed E-state index contributed by atoms with van der Waals surface area (Å²) in [6, 6.07) is 16.9. The highest BCUT2D eigenvalue weighted by Gasteiger charge is 2.24. The van der Waals surface area contributed by atoms with Crippen molar-refractivity contribution in [2.45, 2.75) is 13.0 Å². The van der Waals surface area contributed by atoms with Crippen molar-refractivity contribution in [3.63, 3.8) is 0 Å². The first kappa shape index (κ1) is 19.4. The van der Waals surface area contributed by atoms with Crippen molar-refractivity contribution in [2.24, 2.45) is 0 Å². The van der Waals surface area contributed by atoms with Gasteiger partial charge in [-0.3, -0.25) is 4.79 Å². The first-order chi connectivity index (χ1) is 14.6. The van der Waals surface area contributed by atoms with Crippen LogP contribution in [0.25, 0.3) is 16.9 Å². The van der Waals surface area contributed by atoms with Crippen LogP contribution in [0.2, 0.25) is 0 Å². The Labute approximate surface area is 173 Å². The molecule has 0 N–H and O–H groups in total. The molecule has 2 aromatic carbocycles. The van der Waals surface area contributed by atoms with E-state index in [0.717, 1.165) is 17.7 Å². The van der Waals surface area contributed by atoms with Gasteiger partial charge in [-0.2, -0.15) is 9.78 Å². The smallest absolute Gasteiger partial charge is 0.341 e. The fourth-order valence-corrected chi connectivity index (χ4v) is 3.34. The van der Waals surface area contributed by atoms with Gasteiger partial charge >= 0.3 is 5.97 Å². The minimum absolute atomic E-state index is 0.261. The number of fused-ring (bicyclic) bond motifs is 1. The minimum Gasteiger partial charge on any atom is -0.497 e. The Hall–Kier alpha value is -3.87. The number of pyridine rings is 1. The third-order valence-electron chi connectivity index (χ3n) is 4.95. The molecule has 7 heteroatoms. The molecule has 0 saturated heterocycles. The van der Waals surface area contributed by atoms with Gasteiger partial charge in [0, 0.05) is 18.9 Å². The van der Waals surface area contributed by atoms with Crippen LogP contribution in [0.5, 0.6) is 5.75 Å². The van der Waals surface area contributed by atoms with Gasteiger partial charge in [-0.1, -0.05) is 30.3 Å². The molecule has 0 amide bonds. The molecule has 0 spiro atoms. The molecule has 2 aliphatic rings. The molecule has 0 aromatic heterocycles. The number of methoxy groups -OCH3 is 2. The maximum absolute atomic E-state index is 13.0. The zero-order chi connectivity index (χ0) is 21.1. The van der Waals surface area contributed by atoms with E-state index in [9.17, 15) is 9.59 Å². The summed E-state index contributed by atoms with van der Waals surface area (Å²) < 4.78 is 13.3. The van der Waals surface area contributed by atoms with Crippen molar-refractivity contribution in [3.8, 4) is 22.7 Å². The van der Waals surface area contributed by atoms with Crippen LogP contribution in [0.4, 0.5) is 0 Å². The Balaban J connectivity index is 1.73. The number of esters is 1. The van der Waals surface area contributed by atoms with Crippen LogP contribution in [0.15, 0.2) is 71.8 Å². The molecule has 152 valence electrons. The first-order valence-corrected chi connectivity index (χ1v) is 9.50. The van der Waals surface area contributed by atoms with Crippen LogP contribution in [-0.4, -0.2) is 34.5 Å². The fraction of sp³-hybridized carbons (Fsp3) is 0.174. The van der Waals surface area contributed by atoms with E-state index in [4.69, 9.17) is 9.47 Å². The van der Waals surface area contributed by atoms with Crippen LogP contribution in [-0.2, 0) is 17.7 Å². The summed E-state index contributed by atoms with van der Waals surface area (Å²) >= 11 is 0. The molecule has 2 aliphatic heterocycles. The fourth-order valence-electron chi connectivity index (χ4n) is 3.34. The van der Waals surface area contributed by atoms with Gasteiger partial charge in [-0.25, -0.2) is 4.79 Å². The van der Waals surface area contributed by atoms with E-state index >= 15 is 0 Å². The van der Waals surface area contributed by atoms with Gasteiger partial charge in [0.2, 0.25) is 0 Å². The van der Waals surface area contributed by atoms with Gasteiger partial charge in [-0.05, 0) is 36.2 Å². The van der Waals surface area contributed by atoms with Gasteiger partial charge in [0.25, 0.3) is 5.56 Å². The van der Waals surface area contributed by atoms with Crippen LogP contribution >= 0.6 is 0 Å². The van der Waals surface area contributed by atoms with Crippen molar-refractivity contribution >= 4 is 5.97 Å². The Kier molecular flexibility index (Phi) is 5.34. The molecule has 0 saturated carbocycles. The molecule has 0 bridgehead atoms. The van der Waals surface area contributed by atoms with E-state index in [1.807, 2.05) is 47.0 Å². The van der Waals surface area contributed by atoms with E-state index in [1.54, 1.807) is 31.6 Å². The molecule has 2 heterocycles. The highest BCUT2D eigenvalue weighted by Crippen LogP contribution is 2.23. The van der Waals surface area contributed by atoms with E-state index in [1.165, 1.54) is 11.8 Å². The number of aromatic nitrogens is 3. The van der Waals surface area contributed by atoms with Crippen molar-refractivity contribution in [1.82, 2.24) is 14.3 Å². The summed E-state index contributed by atoms with van der Waals surface area (Å²) in [6.45, 7) is 0.586. The SMILES string of the molecule is COC(=O)c1cn(CCc2ccc(OC)cc2)cc2c(=O)n(-c3ccccc3)nc1-2. The molecule has 4 rings (SSSR count). The lowest BCUT2D eigenvalue weighted by atomic mass is 10.1. The van der Waals surface area contributed by atoms with Crippen LogP contribution < -0.4 is 10.3 Å². The molecule has 0 unspecified atom stereocenters. The average molecular weight is 403 g/mol. The van der Waals surface area contributed by atoms with Crippen molar-refractivity contribution in [1.29, 1.82) is 0 Å². The average Bonchev–Trinajstić information content (AvgIpc) is 3.14. The maximum Gasteiger partial charge on any atom is 0.341 e. The van der Waals surface area contributed by atoms with Crippen LogP contribution in [0.3, 0.4) is 0 Å². The summed E-state index contributed by atoms with van der Waals surface area (Å²) in [6.07, 6.45) is 4.14. The van der Waals surface area contributed by atoms with E-state index in [2.05, 4.69) is 5.10 Å². The number of nitrogens with zero attached hydrogens (tertiary/aromatic N) is 3. The normalized spacial score (nSPS) is 10.9. The monoisotopic (exact) mass is 403 g/mol. The lowest BCUT2D eigenvalue weighted by molar-refractivity contribution is 0.0600. The topological polar surface area (TPSA) is 75.3 Å². The number of carbonyl (C=O) groups excluding carboxylic acids is 1. The molecule has 0 aliphatic carbocycles. The summed E-state index contributed by atoms with van der Waals surface area (Å²) in [5, 5.41) is 4.41. The summed E-state index contributed by atoms with van der Waals surface area (Å²) in [5.74, 6) is 0.265. The second-order valence-electron chi connectivity index (χ2n) is 6.81. The Bertz CT molecular complexity index is 1190. The minimum atomic E-state index is -0.531. The number of hydrogen-bond acceptors (Lipinski definition) is 5. The zero-order valence-electron chi connectivity index (χ0n) is 16.7. The number of hydrogen-bond donors (Lipinski definition) is 0. The molecular formula is C23H21N3O4. The van der Waals surface area contributed by atoms with E-state index in [-0.39, 0.29) is 11.1 Å². The predicted molar refractivity (Wildman–Crippen MR) is 112 cm³/mol. The number of rotatable bonds is 6. The number of benzene rings is 2. The lowest BCUT2D eigenvalue weighted by Crippen LogP contribution is -2.16. The largest absolute Gasteiger partial charge is 0.497 e. The molecule has 2 aromatic rings. The highest BCUT2D eigenvalue weighted by molar-refractivity contribution is 5.96. The second-order valence-corrected chi connectivity index (χ2v) is 6.81. The van der Waals surface area contributed by atoms with Crippen molar-refractivity contribution in [3.05, 3.63) is 88.5 Å². The molecule has 0 radical (unpaired) electrons. The van der Waals surface area contributed by atoms with Crippen molar-refractivity contribution in [2.75, 3.05) is 14.2 Å². The van der Waals surface area contributed by atoms with Crippen LogP contribution in [0.1, 0.15) is 15.9 Å². The molecular weight excluding hydrogens is 382 g/mol. The lowest BCUT2D eigenvalue weighted by Gasteiger charge is -2.12. The third kappa shape index (κ3) is 3.69. The van der Waals surface area contributed by atoms with Gasteiger partial charge in [0.15, 0.2) is 0 Å². The summed E-state index contributed by atoms with van der Waals surface area (Å²) in [4.78, 5) is 25.4. The zero-order valence-corrected chi connectivity index (χ0v) is 16.7. The van der Waals surface area contributed by atoms with Gasteiger partial charge in [0.1, 0.15) is 17.0 Å². The molecule has 30 heavy (non-hydrogen) atoms. The number of ether oxygens (including phenoxy) is 2. The number of carbonyl (C=O) groups is 1. The number of aryl methyl sites for hydroxylation is 2. The van der Waals surface area contributed by atoms with Crippen molar-refractivity contribution < 1.29 is 14.3 Å². The van der Waals surface area contributed by atoms with Gasteiger partial charge in [-0.15, -0.1) is 0 Å². The molecule has 0 atom stereocenters. The Morgan fingerprint density at radius 2 is 1.73 bits per heavy atom. The Morgan fingerprint density at radius 1 is 1.00 bits per heavy atom. The summed E-state index contributed by atoms with van der Waals surface area (Å²) in [7, 11) is 2.94. The van der Waals surface area contributed by atoms with E-state index in [0.29, 0.717) is 23.5 Å². The standard InChI is InChI=1S/C23H21N3O4/c1-29-18-10-8-16(9-11-18)12-13-25-14-19-21(20(15-25)23(28)30-2)24-26(22(19)27)17-6-4-3-5-7-17/h3-11,14-15H,12-13H2,1-2H3. The quantitative estimate of drug-likeness (QED) is 0.462. The maximum atomic E-state index is 13.0. The number of para-hydroxylation sites is 1. The van der Waals surface area contributed by atoms with Gasteiger partial charge in [0.05, 0.1) is 25.5 Å². The highest BCUT2D eigenvalue weighted by atomic mass is 16.5. The van der Waals surface area contributed by atoms with Crippen LogP contribution in [0, 0.1) is 0 Å². The second kappa shape index (κ2) is 8.24. The Morgan fingerprint density at radius 3 is 2.40 bits per heavy atom. The molecule has 7 nitrogen and oxygen atoms in total.